The number of halogens is 3. The second-order valence-corrected chi connectivity index (χ2v) is 8.92. The minimum atomic E-state index is -0.539. The normalized spacial score (nSPS) is 15.0. The lowest BCUT2D eigenvalue weighted by atomic mass is 10.0. The van der Waals surface area contributed by atoms with Crippen LogP contribution in [-0.4, -0.2) is 38.0 Å². The number of thiazole rings is 1. The number of fused-ring (bicyclic) bond motifs is 1. The Hall–Kier alpha value is -0.570. The maximum atomic E-state index is 6.37. The highest BCUT2D eigenvalue weighted by molar-refractivity contribution is 14.1. The van der Waals surface area contributed by atoms with Gasteiger partial charge in [0, 0.05) is 18.7 Å². The number of methoxy groups -OCH3 is 2. The Balaban J connectivity index is 0.00000280. The van der Waals surface area contributed by atoms with Crippen molar-refractivity contribution in [3.63, 3.8) is 0 Å². The van der Waals surface area contributed by atoms with Crippen molar-refractivity contribution in [2.75, 3.05) is 37.9 Å². The summed E-state index contributed by atoms with van der Waals surface area (Å²) in [5.41, 5.74) is 15.0. The summed E-state index contributed by atoms with van der Waals surface area (Å²) in [5.74, 6) is 1.92. The van der Waals surface area contributed by atoms with Crippen molar-refractivity contribution in [2.24, 2.45) is 10.7 Å². The first-order valence-corrected chi connectivity index (χ1v) is 11.3. The van der Waals surface area contributed by atoms with Crippen molar-refractivity contribution >= 4 is 85.6 Å². The molecule has 154 valence electrons. The SMILES string of the molecule is CCN(CC)c1nc(N)c(C2=NC(N)c3c(OC)c(I)c(I)c(OC)c32)s1.Cl. The van der Waals surface area contributed by atoms with E-state index in [2.05, 4.69) is 68.9 Å². The van der Waals surface area contributed by atoms with Crippen molar-refractivity contribution in [1.29, 1.82) is 0 Å². The maximum absolute atomic E-state index is 6.37. The Morgan fingerprint density at radius 2 is 1.68 bits per heavy atom. The van der Waals surface area contributed by atoms with Crippen LogP contribution < -0.4 is 25.8 Å². The summed E-state index contributed by atoms with van der Waals surface area (Å²) >= 11 is 6.03. The zero-order chi connectivity index (χ0) is 19.9. The maximum Gasteiger partial charge on any atom is 0.187 e. The molecule has 11 heteroatoms. The third-order valence-electron chi connectivity index (χ3n) is 4.43. The lowest BCUT2D eigenvalue weighted by molar-refractivity contribution is 0.391. The third kappa shape index (κ3) is 3.77. The molecule has 1 aliphatic heterocycles. The minimum Gasteiger partial charge on any atom is -0.495 e. The average molecular weight is 650 g/mol. The smallest absolute Gasteiger partial charge is 0.187 e. The first kappa shape index (κ1) is 23.7. The van der Waals surface area contributed by atoms with E-state index < -0.39 is 6.17 Å². The van der Waals surface area contributed by atoms with Gasteiger partial charge in [-0.15, -0.1) is 12.4 Å². The molecule has 3 rings (SSSR count). The summed E-state index contributed by atoms with van der Waals surface area (Å²) in [7, 11) is 3.30. The van der Waals surface area contributed by atoms with E-state index in [1.165, 1.54) is 11.3 Å². The second kappa shape index (κ2) is 9.49. The van der Waals surface area contributed by atoms with E-state index in [-0.39, 0.29) is 12.4 Å². The van der Waals surface area contributed by atoms with Crippen molar-refractivity contribution in [3.05, 3.63) is 23.1 Å². The molecule has 28 heavy (non-hydrogen) atoms. The number of nitrogen functional groups attached to an aromatic ring is 1. The summed E-state index contributed by atoms with van der Waals surface area (Å²) in [6, 6.07) is 0. The number of anilines is 2. The molecule has 2 heterocycles. The lowest BCUT2D eigenvalue weighted by Crippen LogP contribution is -2.21. The zero-order valence-electron chi connectivity index (χ0n) is 15.9. The van der Waals surface area contributed by atoms with Crippen LogP contribution >= 0.6 is 68.9 Å². The number of benzene rings is 1. The molecule has 1 aromatic carbocycles. The number of nitrogens with two attached hydrogens (primary N) is 2. The van der Waals surface area contributed by atoms with Crippen molar-refractivity contribution < 1.29 is 9.47 Å². The van der Waals surface area contributed by atoms with Gasteiger partial charge in [0.25, 0.3) is 0 Å². The Morgan fingerprint density at radius 1 is 1.11 bits per heavy atom. The van der Waals surface area contributed by atoms with Crippen LogP contribution in [-0.2, 0) is 0 Å². The molecular formula is C17H22ClI2N5O2S. The molecule has 0 spiro atoms. The summed E-state index contributed by atoms with van der Waals surface area (Å²) in [6.45, 7) is 5.91. The quantitative estimate of drug-likeness (QED) is 0.459. The number of hydrogen-bond donors (Lipinski definition) is 2. The van der Waals surface area contributed by atoms with Crippen LogP contribution in [0, 0.1) is 7.14 Å². The molecule has 2 aromatic rings. The first-order chi connectivity index (χ1) is 12.9. The predicted octanol–water partition coefficient (Wildman–Crippen LogP) is 4.03. The molecule has 0 saturated heterocycles. The number of aliphatic imine (C=N–C) groups is 1. The molecule has 7 nitrogen and oxygen atoms in total. The molecular weight excluding hydrogens is 628 g/mol. The predicted molar refractivity (Wildman–Crippen MR) is 135 cm³/mol. The van der Waals surface area contributed by atoms with Gasteiger partial charge in [0.05, 0.1) is 37.5 Å². The van der Waals surface area contributed by atoms with Gasteiger partial charge in [0.1, 0.15) is 23.5 Å². The second-order valence-electron chi connectivity index (χ2n) is 5.79. The highest BCUT2D eigenvalue weighted by atomic mass is 127. The first-order valence-electron chi connectivity index (χ1n) is 8.37. The van der Waals surface area contributed by atoms with Crippen molar-refractivity contribution in [1.82, 2.24) is 4.98 Å². The highest BCUT2D eigenvalue weighted by Crippen LogP contribution is 2.48. The topological polar surface area (TPSA) is 99.0 Å². The Labute approximate surface area is 202 Å². The largest absolute Gasteiger partial charge is 0.495 e. The lowest BCUT2D eigenvalue weighted by Gasteiger charge is -2.18. The minimum absolute atomic E-state index is 0. The van der Waals surface area contributed by atoms with E-state index in [1.54, 1.807) is 14.2 Å². The van der Waals surface area contributed by atoms with E-state index in [0.29, 0.717) is 5.82 Å². The van der Waals surface area contributed by atoms with Gasteiger partial charge in [-0.3, -0.25) is 4.99 Å². The summed E-state index contributed by atoms with van der Waals surface area (Å²) in [6.07, 6.45) is -0.539. The van der Waals surface area contributed by atoms with Crippen LogP contribution in [0.5, 0.6) is 11.5 Å². The number of nitrogens with zero attached hydrogens (tertiary/aromatic N) is 3. The van der Waals surface area contributed by atoms with Crippen LogP contribution in [0.3, 0.4) is 0 Å². The Kier molecular flexibility index (Phi) is 8.04. The van der Waals surface area contributed by atoms with E-state index in [0.717, 1.165) is 58.6 Å². The molecule has 0 saturated carbocycles. The summed E-state index contributed by atoms with van der Waals surface area (Å²) in [4.78, 5) is 12.2. The van der Waals surface area contributed by atoms with Gasteiger partial charge in [0.15, 0.2) is 5.13 Å². The standard InChI is InChI=1S/C17H21I2N5O2S.ClH/c1-5-24(6-2)17-23-16(21)14(27-17)11-7-8(15(20)22-11)13(26-4)10(19)9(18)12(7)25-3;/h15H,5-6,20-21H2,1-4H3;1H. The third-order valence-corrected chi connectivity index (χ3v) is 8.66. The molecule has 0 bridgehead atoms. The van der Waals surface area contributed by atoms with Crippen LogP contribution in [0.25, 0.3) is 0 Å². The van der Waals surface area contributed by atoms with Crippen LogP contribution in [0.1, 0.15) is 36.0 Å². The van der Waals surface area contributed by atoms with Gasteiger partial charge in [-0.1, -0.05) is 11.3 Å². The highest BCUT2D eigenvalue weighted by Gasteiger charge is 2.36. The molecule has 1 aliphatic rings. The number of hydrogen-bond acceptors (Lipinski definition) is 8. The molecule has 1 unspecified atom stereocenters. The molecule has 1 atom stereocenters. The summed E-state index contributed by atoms with van der Waals surface area (Å²) < 4.78 is 13.3. The fourth-order valence-corrected chi connectivity index (χ4v) is 5.74. The van der Waals surface area contributed by atoms with Crippen LogP contribution in [0.4, 0.5) is 10.9 Å². The van der Waals surface area contributed by atoms with Crippen molar-refractivity contribution in [3.8, 4) is 11.5 Å². The van der Waals surface area contributed by atoms with Gasteiger partial charge in [-0.2, -0.15) is 0 Å². The molecule has 1 aromatic heterocycles. The van der Waals surface area contributed by atoms with E-state index in [9.17, 15) is 0 Å². The van der Waals surface area contributed by atoms with Gasteiger partial charge in [0.2, 0.25) is 0 Å². The van der Waals surface area contributed by atoms with Crippen molar-refractivity contribution in [2.45, 2.75) is 20.0 Å². The van der Waals surface area contributed by atoms with Gasteiger partial charge < -0.3 is 25.8 Å². The number of rotatable bonds is 6. The van der Waals surface area contributed by atoms with E-state index >= 15 is 0 Å². The van der Waals surface area contributed by atoms with Crippen LogP contribution in [0.15, 0.2) is 4.99 Å². The fourth-order valence-electron chi connectivity index (χ4n) is 3.13. The Morgan fingerprint density at radius 3 is 2.21 bits per heavy atom. The van der Waals surface area contributed by atoms with Gasteiger partial charge >= 0.3 is 0 Å². The Bertz CT molecular complexity index is 918. The van der Waals surface area contributed by atoms with E-state index in [1.807, 2.05) is 0 Å². The molecule has 4 N–H and O–H groups in total. The molecule has 0 fully saturated rings. The van der Waals surface area contributed by atoms with Gasteiger partial charge in [-0.05, 0) is 59.0 Å². The fraction of sp³-hybridized carbons (Fsp3) is 0.412. The monoisotopic (exact) mass is 649 g/mol. The molecule has 0 radical (unpaired) electrons. The average Bonchev–Trinajstić information content (AvgIpc) is 3.18. The number of aromatic nitrogens is 1. The molecule has 0 aliphatic carbocycles. The zero-order valence-corrected chi connectivity index (χ0v) is 21.8. The summed E-state index contributed by atoms with van der Waals surface area (Å²) in [5, 5.41) is 0.878. The van der Waals surface area contributed by atoms with Gasteiger partial charge in [-0.25, -0.2) is 4.98 Å². The molecule has 0 amide bonds. The number of ether oxygens (including phenoxy) is 2. The van der Waals surface area contributed by atoms with E-state index in [4.69, 9.17) is 25.9 Å². The van der Waals surface area contributed by atoms with Crippen LogP contribution in [0.2, 0.25) is 0 Å².